The average molecular weight is 601 g/mol. The zero-order valence-electron chi connectivity index (χ0n) is 24.8. The Balaban J connectivity index is 1.62. The lowest BCUT2D eigenvalue weighted by atomic mass is 10.0. The number of rotatable bonds is 5. The number of piperidine rings is 1. The number of methoxy groups -OCH3 is 1. The minimum Gasteiger partial charge on any atom is -0.493 e. The van der Waals surface area contributed by atoms with Gasteiger partial charge in [0, 0.05) is 24.4 Å². The molecular formula is C30H35F3N4O4Si. The van der Waals surface area contributed by atoms with Crippen LogP contribution in [0.5, 0.6) is 11.5 Å². The van der Waals surface area contributed by atoms with Crippen molar-refractivity contribution in [3.05, 3.63) is 48.0 Å². The number of halogens is 3. The van der Waals surface area contributed by atoms with E-state index in [1.807, 2.05) is 0 Å². The van der Waals surface area contributed by atoms with Gasteiger partial charge < -0.3 is 24.4 Å². The summed E-state index contributed by atoms with van der Waals surface area (Å²) in [6.45, 7) is 10.4. The third-order valence-corrected chi connectivity index (χ3v) is 7.07. The van der Waals surface area contributed by atoms with Gasteiger partial charge in [0.15, 0.2) is 23.4 Å². The Morgan fingerprint density at radius 3 is 2.55 bits per heavy atom. The standard InChI is InChI=1S/C30H35F3N4O4Si/c1-29(2,3)41-28(38)37-13-11-25(30(32,33)17-37)40-24-15-20-22(16-23(24)39-4)34-18-35-27(20)36-21-10-8-9-19(26(21)31)12-14-42(5,6)7/h8-10,15-16,18,25H,11,13,17H2,1-7H3,(H,34,35,36). The van der Waals surface area contributed by atoms with E-state index in [2.05, 4.69) is 46.4 Å². The maximum Gasteiger partial charge on any atom is 0.410 e. The highest BCUT2D eigenvalue weighted by Gasteiger charge is 2.48. The fourth-order valence-corrected chi connectivity index (χ4v) is 4.73. The first-order valence-electron chi connectivity index (χ1n) is 13.5. The minimum absolute atomic E-state index is 0.0250. The highest BCUT2D eigenvalue weighted by Crippen LogP contribution is 2.39. The Hall–Kier alpha value is -3.98. The average Bonchev–Trinajstić information content (AvgIpc) is 2.88. The van der Waals surface area contributed by atoms with Gasteiger partial charge in [0.05, 0.1) is 30.4 Å². The van der Waals surface area contributed by atoms with E-state index in [0.717, 1.165) is 4.90 Å². The number of hydrogen-bond acceptors (Lipinski definition) is 7. The van der Waals surface area contributed by atoms with E-state index in [1.165, 1.54) is 25.6 Å². The first-order valence-corrected chi connectivity index (χ1v) is 17.0. The molecule has 42 heavy (non-hydrogen) atoms. The van der Waals surface area contributed by atoms with Gasteiger partial charge in [-0.05, 0) is 39.0 Å². The Morgan fingerprint density at radius 1 is 1.17 bits per heavy atom. The van der Waals surface area contributed by atoms with Crippen molar-refractivity contribution >= 4 is 36.6 Å². The molecule has 0 radical (unpaired) electrons. The maximum atomic E-state index is 15.3. The Bertz CT molecular complexity index is 1540. The van der Waals surface area contributed by atoms with Crippen LogP contribution in [-0.2, 0) is 4.74 Å². The number of anilines is 2. The van der Waals surface area contributed by atoms with E-state index < -0.39 is 44.2 Å². The number of fused-ring (bicyclic) bond motifs is 1. The first-order chi connectivity index (χ1) is 19.6. The van der Waals surface area contributed by atoms with Crippen molar-refractivity contribution in [3.63, 3.8) is 0 Å². The lowest BCUT2D eigenvalue weighted by Gasteiger charge is -2.38. The number of nitrogens with zero attached hydrogens (tertiary/aromatic N) is 3. The summed E-state index contributed by atoms with van der Waals surface area (Å²) in [7, 11) is -0.339. The van der Waals surface area contributed by atoms with Gasteiger partial charge in [-0.2, -0.15) is 0 Å². The Morgan fingerprint density at radius 2 is 1.90 bits per heavy atom. The third kappa shape index (κ3) is 7.45. The van der Waals surface area contributed by atoms with Crippen LogP contribution in [0.25, 0.3) is 10.9 Å². The number of ether oxygens (including phenoxy) is 3. The van der Waals surface area contributed by atoms with Crippen molar-refractivity contribution < 1.29 is 32.2 Å². The van der Waals surface area contributed by atoms with Crippen LogP contribution in [0.15, 0.2) is 36.7 Å². The number of likely N-dealkylation sites (tertiary alicyclic amines) is 1. The molecule has 1 saturated heterocycles. The number of nitrogens with one attached hydrogen (secondary N) is 1. The van der Waals surface area contributed by atoms with Crippen molar-refractivity contribution in [2.75, 3.05) is 25.5 Å². The van der Waals surface area contributed by atoms with E-state index in [1.54, 1.807) is 39.0 Å². The zero-order chi connectivity index (χ0) is 30.9. The molecule has 1 unspecified atom stereocenters. The van der Waals surface area contributed by atoms with Crippen molar-refractivity contribution in [3.8, 4) is 23.0 Å². The topological polar surface area (TPSA) is 85.8 Å². The molecule has 0 spiro atoms. The summed E-state index contributed by atoms with van der Waals surface area (Å²) >= 11 is 0. The van der Waals surface area contributed by atoms with Gasteiger partial charge in [-0.25, -0.2) is 27.9 Å². The first kappa shape index (κ1) is 31.0. The van der Waals surface area contributed by atoms with Crippen molar-refractivity contribution in [2.45, 2.75) is 64.5 Å². The van der Waals surface area contributed by atoms with Crippen molar-refractivity contribution in [2.24, 2.45) is 0 Å². The van der Waals surface area contributed by atoms with Crippen LogP contribution >= 0.6 is 0 Å². The van der Waals surface area contributed by atoms with Crippen LogP contribution in [0.1, 0.15) is 32.8 Å². The number of benzene rings is 2. The number of hydrogen-bond donors (Lipinski definition) is 1. The van der Waals surface area contributed by atoms with Crippen molar-refractivity contribution in [1.82, 2.24) is 14.9 Å². The zero-order valence-corrected chi connectivity index (χ0v) is 25.8. The van der Waals surface area contributed by atoms with Gasteiger partial charge in [-0.3, -0.25) is 0 Å². The van der Waals surface area contributed by atoms with Gasteiger partial charge in [-0.15, -0.1) is 5.54 Å². The molecule has 0 aliphatic carbocycles. The van der Waals surface area contributed by atoms with Crippen LogP contribution in [0.3, 0.4) is 0 Å². The quantitative estimate of drug-likeness (QED) is 0.255. The second-order valence-corrected chi connectivity index (χ2v) is 16.8. The predicted octanol–water partition coefficient (Wildman–Crippen LogP) is 6.77. The molecule has 4 rings (SSSR count). The molecule has 1 aliphatic rings. The normalized spacial score (nSPS) is 16.8. The molecule has 1 amide bonds. The van der Waals surface area contributed by atoms with Crippen LogP contribution in [0, 0.1) is 17.3 Å². The van der Waals surface area contributed by atoms with E-state index >= 15 is 13.2 Å². The van der Waals surface area contributed by atoms with E-state index in [-0.39, 0.29) is 41.5 Å². The largest absolute Gasteiger partial charge is 0.493 e. The number of alkyl halides is 2. The Kier molecular flexibility index (Phi) is 8.64. The minimum atomic E-state index is -3.37. The predicted molar refractivity (Wildman–Crippen MR) is 158 cm³/mol. The van der Waals surface area contributed by atoms with E-state index in [4.69, 9.17) is 14.2 Å². The second-order valence-electron chi connectivity index (χ2n) is 12.1. The van der Waals surface area contributed by atoms with Gasteiger partial charge in [0.1, 0.15) is 25.8 Å². The molecule has 0 saturated carbocycles. The molecular weight excluding hydrogens is 565 g/mol. The number of amides is 1. The summed E-state index contributed by atoms with van der Waals surface area (Å²) in [6.07, 6.45) is -1.18. The summed E-state index contributed by atoms with van der Waals surface area (Å²) in [6, 6.07) is 7.88. The lowest BCUT2D eigenvalue weighted by molar-refractivity contribution is -0.137. The summed E-state index contributed by atoms with van der Waals surface area (Å²) in [4.78, 5) is 21.9. The molecule has 2 aromatic carbocycles. The van der Waals surface area contributed by atoms with E-state index in [0.29, 0.717) is 10.9 Å². The third-order valence-electron chi connectivity index (χ3n) is 6.20. The van der Waals surface area contributed by atoms with E-state index in [9.17, 15) is 4.79 Å². The molecule has 1 N–H and O–H groups in total. The van der Waals surface area contributed by atoms with Gasteiger partial charge in [0.2, 0.25) is 0 Å². The molecule has 1 fully saturated rings. The fourth-order valence-electron chi connectivity index (χ4n) is 4.22. The number of aromatic nitrogens is 2. The Labute approximate surface area is 244 Å². The van der Waals surface area contributed by atoms with Crippen LogP contribution in [0.2, 0.25) is 19.6 Å². The van der Waals surface area contributed by atoms with Crippen molar-refractivity contribution in [1.29, 1.82) is 0 Å². The summed E-state index contributed by atoms with van der Waals surface area (Å²) in [5.74, 6) is -0.497. The van der Waals surface area contributed by atoms with Crippen LogP contribution in [0.4, 0.5) is 29.5 Å². The van der Waals surface area contributed by atoms with Gasteiger partial charge in [-0.1, -0.05) is 31.6 Å². The molecule has 0 bridgehead atoms. The monoisotopic (exact) mass is 600 g/mol. The molecule has 1 atom stereocenters. The molecule has 1 aromatic heterocycles. The van der Waals surface area contributed by atoms with Crippen LogP contribution < -0.4 is 14.8 Å². The molecule has 224 valence electrons. The number of carbonyl (C=O) groups excluding carboxylic acids is 1. The SMILES string of the molecule is COc1cc2ncnc(Nc3cccc(C#C[Si](C)(C)C)c3F)c2cc1OC1CCN(C(=O)OC(C)(C)C)CC1(F)F. The molecule has 8 nitrogen and oxygen atoms in total. The summed E-state index contributed by atoms with van der Waals surface area (Å²) in [5, 5.41) is 3.39. The maximum absolute atomic E-state index is 15.3. The highest BCUT2D eigenvalue weighted by atomic mass is 28.3. The smallest absolute Gasteiger partial charge is 0.410 e. The summed E-state index contributed by atoms with van der Waals surface area (Å²) < 4.78 is 62.3. The lowest BCUT2D eigenvalue weighted by Crippen LogP contribution is -2.56. The number of carbonyl (C=O) groups is 1. The molecule has 3 aromatic rings. The molecule has 2 heterocycles. The van der Waals surface area contributed by atoms with Gasteiger partial charge >= 0.3 is 12.0 Å². The summed E-state index contributed by atoms with van der Waals surface area (Å²) in [5.41, 5.74) is 3.19. The van der Waals surface area contributed by atoms with Crippen LogP contribution in [-0.4, -0.2) is 66.9 Å². The fraction of sp³-hybridized carbons (Fsp3) is 0.433. The highest BCUT2D eigenvalue weighted by molar-refractivity contribution is 6.83. The second kappa shape index (κ2) is 11.7. The molecule has 12 heteroatoms. The van der Waals surface area contributed by atoms with Gasteiger partial charge in [0.25, 0.3) is 0 Å². The molecule has 1 aliphatic heterocycles.